The maximum atomic E-state index is 12.8. The number of hydrogen-bond donors (Lipinski definition) is 0. The number of anilines is 1. The van der Waals surface area contributed by atoms with Gasteiger partial charge in [-0.05, 0) is 31.2 Å². The van der Waals surface area contributed by atoms with E-state index in [2.05, 4.69) is 24.8 Å². The van der Waals surface area contributed by atoms with E-state index in [9.17, 15) is 4.79 Å². The molecule has 3 rings (SSSR count). The molecular formula is C16H21N3O2S. The summed E-state index contributed by atoms with van der Waals surface area (Å²) in [6.07, 6.45) is 1.76. The fourth-order valence-electron chi connectivity index (χ4n) is 3.24. The molecule has 3 heterocycles. The molecule has 0 radical (unpaired) electrons. The summed E-state index contributed by atoms with van der Waals surface area (Å²) in [5.41, 5.74) is 0.437. The van der Waals surface area contributed by atoms with Gasteiger partial charge in [-0.2, -0.15) is 5.26 Å². The number of amides is 1. The maximum Gasteiger partial charge on any atom is 0.245 e. The quantitative estimate of drug-likeness (QED) is 0.857. The lowest BCUT2D eigenvalue weighted by atomic mass is 9.99. The molecule has 1 aromatic rings. The molecule has 2 fully saturated rings. The van der Waals surface area contributed by atoms with Crippen LogP contribution in [0, 0.1) is 11.3 Å². The van der Waals surface area contributed by atoms with Crippen molar-refractivity contribution in [2.45, 2.75) is 38.3 Å². The second-order valence-corrected chi connectivity index (χ2v) is 7.06. The van der Waals surface area contributed by atoms with E-state index in [0.717, 1.165) is 30.9 Å². The highest BCUT2D eigenvalue weighted by Crippen LogP contribution is 2.33. The van der Waals surface area contributed by atoms with Crippen molar-refractivity contribution >= 4 is 22.2 Å². The van der Waals surface area contributed by atoms with E-state index in [4.69, 9.17) is 10.00 Å². The van der Waals surface area contributed by atoms with Gasteiger partial charge in [0.05, 0.1) is 23.8 Å². The van der Waals surface area contributed by atoms with Crippen LogP contribution in [0.4, 0.5) is 5.00 Å². The summed E-state index contributed by atoms with van der Waals surface area (Å²) in [6, 6.07) is 3.87. The Morgan fingerprint density at radius 3 is 3.09 bits per heavy atom. The largest absolute Gasteiger partial charge is 0.373 e. The number of thiophene rings is 1. The second-order valence-electron chi connectivity index (χ2n) is 6.17. The maximum absolute atomic E-state index is 12.8. The molecule has 0 N–H and O–H groups in total. The molecule has 5 nitrogen and oxygen atoms in total. The van der Waals surface area contributed by atoms with Crippen molar-refractivity contribution < 1.29 is 9.53 Å². The Morgan fingerprint density at radius 1 is 1.55 bits per heavy atom. The number of ether oxygens (including phenoxy) is 1. The zero-order valence-electron chi connectivity index (χ0n) is 13.0. The second kappa shape index (κ2) is 5.99. The Labute approximate surface area is 135 Å². The van der Waals surface area contributed by atoms with E-state index < -0.39 is 0 Å². The molecule has 0 spiro atoms. The first-order valence-electron chi connectivity index (χ1n) is 7.75. The van der Waals surface area contributed by atoms with Gasteiger partial charge in [0.15, 0.2) is 0 Å². The third-order valence-electron chi connectivity index (χ3n) is 4.74. The van der Waals surface area contributed by atoms with Gasteiger partial charge in [0.1, 0.15) is 11.1 Å². The Balaban J connectivity index is 1.75. The Morgan fingerprint density at radius 2 is 2.36 bits per heavy atom. The van der Waals surface area contributed by atoms with Crippen molar-refractivity contribution in [2.75, 3.05) is 31.1 Å². The van der Waals surface area contributed by atoms with Crippen LogP contribution in [0.5, 0.6) is 0 Å². The highest BCUT2D eigenvalue weighted by molar-refractivity contribution is 7.14. The third-order valence-corrected chi connectivity index (χ3v) is 5.68. The molecule has 118 valence electrons. The lowest BCUT2D eigenvalue weighted by molar-refractivity contribution is -0.132. The minimum Gasteiger partial charge on any atom is -0.373 e. The molecule has 1 amide bonds. The van der Waals surface area contributed by atoms with Gasteiger partial charge in [-0.3, -0.25) is 9.69 Å². The van der Waals surface area contributed by atoms with E-state index in [0.29, 0.717) is 18.7 Å². The molecule has 2 aliphatic heterocycles. The first-order chi connectivity index (χ1) is 10.6. The van der Waals surface area contributed by atoms with E-state index >= 15 is 0 Å². The molecule has 0 saturated carbocycles. The third kappa shape index (κ3) is 2.65. The van der Waals surface area contributed by atoms with Gasteiger partial charge in [0.25, 0.3) is 0 Å². The van der Waals surface area contributed by atoms with E-state index in [1.54, 1.807) is 11.0 Å². The fraction of sp³-hybridized carbons (Fsp3) is 0.625. The zero-order chi connectivity index (χ0) is 15.7. The minimum atomic E-state index is -0.160. The number of carbonyl (C=O) groups excluding carboxylic acids is 1. The van der Waals surface area contributed by atoms with Gasteiger partial charge in [-0.15, -0.1) is 11.3 Å². The summed E-state index contributed by atoms with van der Waals surface area (Å²) in [6.45, 7) is 7.20. The Hall–Kier alpha value is -1.42. The minimum absolute atomic E-state index is 0.0802. The molecule has 2 aliphatic rings. The highest BCUT2D eigenvalue weighted by Gasteiger charge is 2.42. The SMILES string of the molecule is CC[C@@]1(C)CN([C@@H]2CCN(c3sccc3C#N)C2=O)CCO1. The summed E-state index contributed by atoms with van der Waals surface area (Å²) in [4.78, 5) is 16.9. The zero-order valence-corrected chi connectivity index (χ0v) is 13.9. The lowest BCUT2D eigenvalue weighted by Gasteiger charge is -2.42. The predicted molar refractivity (Wildman–Crippen MR) is 86.0 cm³/mol. The number of nitriles is 1. The van der Waals surface area contributed by atoms with Crippen LogP contribution in [0.1, 0.15) is 32.3 Å². The van der Waals surface area contributed by atoms with Gasteiger partial charge < -0.3 is 9.64 Å². The summed E-state index contributed by atoms with van der Waals surface area (Å²) >= 11 is 1.47. The van der Waals surface area contributed by atoms with Crippen molar-refractivity contribution in [2.24, 2.45) is 0 Å². The van der Waals surface area contributed by atoms with Gasteiger partial charge in [-0.1, -0.05) is 6.92 Å². The van der Waals surface area contributed by atoms with Crippen LogP contribution in [0.15, 0.2) is 11.4 Å². The highest BCUT2D eigenvalue weighted by atomic mass is 32.1. The molecule has 6 heteroatoms. The van der Waals surface area contributed by atoms with Gasteiger partial charge in [-0.25, -0.2) is 0 Å². The van der Waals surface area contributed by atoms with Crippen LogP contribution >= 0.6 is 11.3 Å². The van der Waals surface area contributed by atoms with Gasteiger partial charge in [0, 0.05) is 19.6 Å². The van der Waals surface area contributed by atoms with E-state index in [-0.39, 0.29) is 17.6 Å². The van der Waals surface area contributed by atoms with Crippen molar-refractivity contribution in [3.05, 3.63) is 17.0 Å². The van der Waals surface area contributed by atoms with Crippen LogP contribution in [0.25, 0.3) is 0 Å². The van der Waals surface area contributed by atoms with Crippen LogP contribution in [-0.2, 0) is 9.53 Å². The summed E-state index contributed by atoms with van der Waals surface area (Å²) < 4.78 is 5.87. The van der Waals surface area contributed by atoms with E-state index in [1.807, 2.05) is 5.38 Å². The molecule has 0 unspecified atom stereocenters. The average molecular weight is 319 g/mol. The number of morpholine rings is 1. The van der Waals surface area contributed by atoms with Crippen molar-refractivity contribution in [1.29, 1.82) is 5.26 Å². The van der Waals surface area contributed by atoms with Crippen LogP contribution in [0.2, 0.25) is 0 Å². The molecule has 2 saturated heterocycles. The molecular weight excluding hydrogens is 298 g/mol. The topological polar surface area (TPSA) is 56.6 Å². The van der Waals surface area contributed by atoms with Crippen molar-refractivity contribution in [3.8, 4) is 6.07 Å². The monoisotopic (exact) mass is 319 g/mol. The number of nitrogens with zero attached hydrogens (tertiary/aromatic N) is 3. The fourth-order valence-corrected chi connectivity index (χ4v) is 4.13. The average Bonchev–Trinajstić information content (AvgIpc) is 3.13. The Bertz CT molecular complexity index is 609. The standard InChI is InChI=1S/C16H21N3O2S/c1-3-16(2)11-18(7-8-21-16)13-4-6-19(14(13)20)15-12(10-17)5-9-22-15/h5,9,13H,3-4,6-8,11H2,1-2H3/t13-,16+/m1/s1. The first kappa shape index (κ1) is 15.5. The molecule has 0 bridgehead atoms. The number of carbonyl (C=O) groups is 1. The van der Waals surface area contributed by atoms with E-state index in [1.165, 1.54) is 11.3 Å². The molecule has 0 aromatic carbocycles. The molecule has 1 aromatic heterocycles. The van der Waals surface area contributed by atoms with Crippen LogP contribution in [0.3, 0.4) is 0 Å². The van der Waals surface area contributed by atoms with Crippen LogP contribution in [-0.4, -0.2) is 48.7 Å². The Kier molecular flexibility index (Phi) is 4.22. The van der Waals surface area contributed by atoms with Crippen molar-refractivity contribution in [1.82, 2.24) is 4.90 Å². The molecule has 22 heavy (non-hydrogen) atoms. The number of rotatable bonds is 3. The van der Waals surface area contributed by atoms with Gasteiger partial charge >= 0.3 is 0 Å². The first-order valence-corrected chi connectivity index (χ1v) is 8.63. The molecule has 2 atom stereocenters. The normalized spacial score (nSPS) is 29.8. The van der Waals surface area contributed by atoms with Crippen LogP contribution < -0.4 is 4.90 Å². The predicted octanol–water partition coefficient (Wildman–Crippen LogP) is 2.23. The summed E-state index contributed by atoms with van der Waals surface area (Å²) in [5.74, 6) is 0.124. The van der Waals surface area contributed by atoms with Gasteiger partial charge in [0.2, 0.25) is 5.91 Å². The smallest absolute Gasteiger partial charge is 0.245 e. The number of hydrogen-bond acceptors (Lipinski definition) is 5. The molecule has 0 aliphatic carbocycles. The van der Waals surface area contributed by atoms with Crippen molar-refractivity contribution in [3.63, 3.8) is 0 Å². The lowest BCUT2D eigenvalue weighted by Crippen LogP contribution is -2.55. The summed E-state index contributed by atoms with van der Waals surface area (Å²) in [7, 11) is 0. The summed E-state index contributed by atoms with van der Waals surface area (Å²) in [5, 5.41) is 11.8.